The third kappa shape index (κ3) is 3.16. The molecule has 0 unspecified atom stereocenters. The van der Waals surface area contributed by atoms with Crippen LogP contribution >= 0.6 is 0 Å². The van der Waals surface area contributed by atoms with Crippen LogP contribution < -0.4 is 0 Å². The maximum absolute atomic E-state index is 2.90. The highest BCUT2D eigenvalue weighted by Gasteiger charge is 2.39. The first-order valence-corrected chi connectivity index (χ1v) is 16.0. The number of hydrogen-bond donors (Lipinski definition) is 0. The van der Waals surface area contributed by atoms with Crippen molar-refractivity contribution in [2.45, 2.75) is 53.6 Å². The molecule has 0 fully saturated rings. The van der Waals surface area contributed by atoms with Crippen molar-refractivity contribution < 1.29 is 0 Å². The van der Waals surface area contributed by atoms with E-state index in [1.165, 1.54) is 66.8 Å². The Labute approximate surface area is 220 Å². The quantitative estimate of drug-likeness (QED) is 0.209. The standard InChI is InChI=1S/C34H36N2Si/c1-33(2,3)21-37(22-34(4,5)6)35-29-19-9-7-13-23(29)25-15-11-17-27(31(25)35)28-18-12-16-26-24-14-8-10-20-30(24)36(37)32(26)28/h7-20H,21-22H2,1-6H3/q-1. The molecule has 4 aromatic carbocycles. The number of para-hydroxylation sites is 4. The van der Waals surface area contributed by atoms with Gasteiger partial charge in [-0.3, -0.25) is 0 Å². The van der Waals surface area contributed by atoms with E-state index < -0.39 is 8.40 Å². The fourth-order valence-electron chi connectivity index (χ4n) is 7.51. The van der Waals surface area contributed by atoms with Crippen LogP contribution in [0.4, 0.5) is 0 Å². The monoisotopic (exact) mass is 500 g/mol. The number of benzene rings is 4. The van der Waals surface area contributed by atoms with E-state index in [-0.39, 0.29) is 10.8 Å². The first-order valence-electron chi connectivity index (χ1n) is 13.6. The van der Waals surface area contributed by atoms with Gasteiger partial charge in [-0.1, -0.05) is 125 Å². The first kappa shape index (κ1) is 22.9. The van der Waals surface area contributed by atoms with Crippen LogP contribution in [0.15, 0.2) is 84.9 Å². The largest absolute Gasteiger partial charge is 0.476 e. The van der Waals surface area contributed by atoms with Gasteiger partial charge in [0.25, 0.3) is 0 Å². The van der Waals surface area contributed by atoms with Gasteiger partial charge >= 0.3 is 0 Å². The Morgan fingerprint density at radius 2 is 0.865 bits per heavy atom. The van der Waals surface area contributed by atoms with Gasteiger partial charge in [0, 0.05) is 54.7 Å². The summed E-state index contributed by atoms with van der Waals surface area (Å²) in [4.78, 5) is 0. The van der Waals surface area contributed by atoms with Crippen molar-refractivity contribution in [3.8, 4) is 11.1 Å². The van der Waals surface area contributed by atoms with Crippen molar-refractivity contribution in [3.05, 3.63) is 84.9 Å². The van der Waals surface area contributed by atoms with Gasteiger partial charge in [0.1, 0.15) is 0 Å². The van der Waals surface area contributed by atoms with Crippen LogP contribution in [0.25, 0.3) is 54.7 Å². The van der Waals surface area contributed by atoms with Crippen LogP contribution in [0.3, 0.4) is 0 Å². The van der Waals surface area contributed by atoms with Crippen LogP contribution in [-0.4, -0.2) is 16.9 Å². The molecule has 0 bridgehead atoms. The zero-order valence-electron chi connectivity index (χ0n) is 22.9. The molecule has 1 aliphatic heterocycles. The Morgan fingerprint density at radius 3 is 1.27 bits per heavy atom. The minimum Gasteiger partial charge on any atom is -0.476 e. The van der Waals surface area contributed by atoms with E-state index >= 15 is 0 Å². The fourth-order valence-corrected chi connectivity index (χ4v) is 14.5. The lowest BCUT2D eigenvalue weighted by atomic mass is 9.99. The molecular weight excluding hydrogens is 464 g/mol. The second-order valence-corrected chi connectivity index (χ2v) is 17.1. The molecular formula is C34H36N2Si-. The molecule has 0 atom stereocenters. The second kappa shape index (κ2) is 7.38. The highest BCUT2D eigenvalue weighted by atomic mass is 28.3. The Hall–Kier alpha value is -3.30. The predicted molar refractivity (Wildman–Crippen MR) is 163 cm³/mol. The van der Waals surface area contributed by atoms with Crippen LogP contribution in [0.2, 0.25) is 12.1 Å². The van der Waals surface area contributed by atoms with Crippen molar-refractivity contribution >= 4 is 52.0 Å². The molecule has 0 spiro atoms. The number of nitrogens with zero attached hydrogens (tertiary/aromatic N) is 2. The lowest BCUT2D eigenvalue weighted by molar-refractivity contribution is 0.425. The van der Waals surface area contributed by atoms with E-state index in [0.717, 1.165) is 0 Å². The van der Waals surface area contributed by atoms with Crippen molar-refractivity contribution in [1.82, 2.24) is 8.47 Å². The molecule has 0 N–H and O–H groups in total. The predicted octanol–water partition coefficient (Wildman–Crippen LogP) is 9.81. The lowest BCUT2D eigenvalue weighted by Gasteiger charge is -2.54. The second-order valence-electron chi connectivity index (χ2n) is 13.6. The minimum atomic E-state index is -2.50. The zero-order valence-corrected chi connectivity index (χ0v) is 23.9. The first-order chi connectivity index (χ1) is 17.6. The average molecular weight is 501 g/mol. The number of rotatable bonds is 2. The summed E-state index contributed by atoms with van der Waals surface area (Å²) in [6, 6.07) is 34.6. The van der Waals surface area contributed by atoms with Gasteiger partial charge in [-0.05, 0) is 12.1 Å². The Kier molecular flexibility index (Phi) is 4.56. The van der Waals surface area contributed by atoms with E-state index in [0.29, 0.717) is 0 Å². The van der Waals surface area contributed by atoms with Gasteiger partial charge < -0.3 is 8.47 Å². The molecule has 0 radical (unpaired) electrons. The molecule has 37 heavy (non-hydrogen) atoms. The van der Waals surface area contributed by atoms with Crippen molar-refractivity contribution in [2.75, 3.05) is 0 Å². The van der Waals surface area contributed by atoms with Crippen molar-refractivity contribution in [1.29, 1.82) is 0 Å². The smallest absolute Gasteiger partial charge is 0.0695 e. The molecule has 6 aromatic rings. The minimum absolute atomic E-state index is 0.168. The molecule has 2 aromatic heterocycles. The van der Waals surface area contributed by atoms with Gasteiger partial charge in [-0.2, -0.15) is 0 Å². The molecule has 0 saturated heterocycles. The lowest BCUT2D eigenvalue weighted by Crippen LogP contribution is -2.55. The summed E-state index contributed by atoms with van der Waals surface area (Å²) in [5.41, 5.74) is 8.74. The van der Waals surface area contributed by atoms with E-state index in [9.17, 15) is 0 Å². The van der Waals surface area contributed by atoms with Gasteiger partial charge in [-0.15, -0.1) is 12.1 Å². The summed E-state index contributed by atoms with van der Waals surface area (Å²) in [5, 5.41) is 5.54. The van der Waals surface area contributed by atoms with Crippen LogP contribution in [0.1, 0.15) is 41.5 Å². The summed E-state index contributed by atoms with van der Waals surface area (Å²) < 4.78 is 5.80. The molecule has 187 valence electrons. The molecule has 3 heterocycles. The van der Waals surface area contributed by atoms with E-state index in [1.54, 1.807) is 0 Å². The Balaban J connectivity index is 1.84. The third-order valence-electron chi connectivity index (χ3n) is 8.14. The van der Waals surface area contributed by atoms with Crippen LogP contribution in [0.5, 0.6) is 0 Å². The van der Waals surface area contributed by atoms with Gasteiger partial charge in [-0.25, -0.2) is 0 Å². The molecule has 3 heteroatoms. The zero-order chi connectivity index (χ0) is 25.7. The Bertz CT molecular complexity index is 1720. The topological polar surface area (TPSA) is 9.86 Å². The summed E-state index contributed by atoms with van der Waals surface area (Å²) in [5.74, 6) is 0. The third-order valence-corrected chi connectivity index (χ3v) is 14.0. The summed E-state index contributed by atoms with van der Waals surface area (Å²) in [6.45, 7) is 14.7. The molecule has 1 aliphatic rings. The number of fused-ring (bicyclic) bond motifs is 7. The van der Waals surface area contributed by atoms with Gasteiger partial charge in [0.05, 0.1) is 8.40 Å². The number of aromatic nitrogens is 2. The molecule has 7 rings (SSSR count). The Morgan fingerprint density at radius 1 is 0.486 bits per heavy atom. The highest BCUT2D eigenvalue weighted by molar-refractivity contribution is 6.81. The van der Waals surface area contributed by atoms with E-state index in [2.05, 4.69) is 135 Å². The van der Waals surface area contributed by atoms with Gasteiger partial charge in [0.15, 0.2) is 0 Å². The fraction of sp³-hybridized carbons (Fsp3) is 0.294. The molecule has 2 nitrogen and oxygen atoms in total. The van der Waals surface area contributed by atoms with Crippen molar-refractivity contribution in [2.24, 2.45) is 10.8 Å². The maximum Gasteiger partial charge on any atom is 0.0695 e. The molecule has 0 amide bonds. The average Bonchev–Trinajstić information content (AvgIpc) is 3.33. The SMILES string of the molecule is CC(C)(C)C[Si-]1(CC(C)(C)C)n2c3ccccc3c3cccc(c32)-c2cccc3c4ccccc4n1c23. The van der Waals surface area contributed by atoms with Crippen molar-refractivity contribution in [3.63, 3.8) is 0 Å². The van der Waals surface area contributed by atoms with Crippen LogP contribution in [0, 0.1) is 10.8 Å². The summed E-state index contributed by atoms with van der Waals surface area (Å²) in [6.07, 6.45) is 0. The maximum atomic E-state index is 2.90. The summed E-state index contributed by atoms with van der Waals surface area (Å²) >= 11 is 0. The summed E-state index contributed by atoms with van der Waals surface area (Å²) in [7, 11) is -2.50. The molecule has 0 aliphatic carbocycles. The van der Waals surface area contributed by atoms with E-state index in [4.69, 9.17) is 0 Å². The molecule has 0 saturated carbocycles. The van der Waals surface area contributed by atoms with Gasteiger partial charge in [0.2, 0.25) is 0 Å². The normalized spacial score (nSPS) is 15.2. The van der Waals surface area contributed by atoms with Crippen LogP contribution in [-0.2, 0) is 0 Å². The highest BCUT2D eigenvalue weighted by Crippen LogP contribution is 2.51. The number of hydrogen-bond acceptors (Lipinski definition) is 0. The van der Waals surface area contributed by atoms with E-state index in [1.807, 2.05) is 0 Å².